The number of aromatic amines is 1. The lowest BCUT2D eigenvalue weighted by Crippen LogP contribution is -2.68. The van der Waals surface area contributed by atoms with Gasteiger partial charge in [0.25, 0.3) is 0 Å². The molecule has 1 N–H and O–H groups in total. The highest BCUT2D eigenvalue weighted by molar-refractivity contribution is 5.27. The Morgan fingerprint density at radius 2 is 2.21 bits per heavy atom. The Morgan fingerprint density at radius 1 is 1.42 bits per heavy atom. The fraction of sp³-hybridized carbons (Fsp3) is 0.667. The molecule has 2 aliphatic heterocycles. The van der Waals surface area contributed by atoms with Crippen molar-refractivity contribution in [2.45, 2.75) is 32.2 Å². The van der Waals surface area contributed by atoms with Crippen molar-refractivity contribution in [1.82, 2.24) is 9.88 Å². The number of ether oxygens (including phenoxy) is 1. The Hall–Kier alpha value is -1.13. The molecule has 0 aromatic carbocycles. The second kappa shape index (κ2) is 3.93. The van der Waals surface area contributed by atoms with Crippen LogP contribution in [0, 0.1) is 12.3 Å². The molecule has 2 fully saturated rings. The Labute approximate surface area is 112 Å². The normalized spacial score (nSPS) is 28.6. The zero-order chi connectivity index (χ0) is 13.0. The fourth-order valence-corrected chi connectivity index (χ4v) is 3.83. The third-order valence-corrected chi connectivity index (χ3v) is 4.93. The summed E-state index contributed by atoms with van der Waals surface area (Å²) in [5, 5.41) is 0. The molecule has 1 spiro atoms. The molecule has 1 unspecified atom stereocenters. The zero-order valence-electron chi connectivity index (χ0n) is 11.4. The smallest absolute Gasteiger partial charge is 0.185 e. The van der Waals surface area contributed by atoms with Crippen LogP contribution in [0.3, 0.4) is 0 Å². The van der Waals surface area contributed by atoms with Crippen LogP contribution in [0.25, 0.3) is 0 Å². The summed E-state index contributed by atoms with van der Waals surface area (Å²) in [5.74, 6) is 0. The number of nitrogens with zero attached hydrogens (tertiary/aromatic N) is 1. The van der Waals surface area contributed by atoms with Crippen molar-refractivity contribution in [3.05, 3.63) is 33.2 Å². The van der Waals surface area contributed by atoms with Crippen molar-refractivity contribution in [2.75, 3.05) is 26.3 Å². The number of pyridine rings is 1. The molecule has 1 aliphatic carbocycles. The van der Waals surface area contributed by atoms with Crippen molar-refractivity contribution >= 4 is 0 Å². The third-order valence-electron chi connectivity index (χ3n) is 4.93. The molecule has 0 saturated carbocycles. The van der Waals surface area contributed by atoms with Crippen LogP contribution < -0.4 is 5.43 Å². The second-order valence-corrected chi connectivity index (χ2v) is 6.57. The van der Waals surface area contributed by atoms with Gasteiger partial charge in [-0.25, -0.2) is 0 Å². The highest BCUT2D eigenvalue weighted by atomic mass is 16.5. The molecule has 102 valence electrons. The van der Waals surface area contributed by atoms with Crippen LogP contribution >= 0.6 is 0 Å². The molecule has 19 heavy (non-hydrogen) atoms. The Bertz CT molecular complexity index is 566. The summed E-state index contributed by atoms with van der Waals surface area (Å²) in [6, 6.07) is 2.29. The minimum atomic E-state index is 0.221. The summed E-state index contributed by atoms with van der Waals surface area (Å²) in [7, 11) is 0. The first kappa shape index (κ1) is 11.7. The molecule has 3 heterocycles. The molecule has 4 nitrogen and oxygen atoms in total. The monoisotopic (exact) mass is 260 g/mol. The molecule has 4 rings (SSSR count). The number of aryl methyl sites for hydroxylation is 2. The lowest BCUT2D eigenvalue weighted by molar-refractivity contribution is -0.199. The van der Waals surface area contributed by atoms with E-state index in [1.165, 1.54) is 12.1 Å². The number of rotatable bonds is 1. The van der Waals surface area contributed by atoms with E-state index < -0.39 is 0 Å². The van der Waals surface area contributed by atoms with Crippen molar-refractivity contribution in [3.8, 4) is 0 Å². The summed E-state index contributed by atoms with van der Waals surface area (Å²) < 4.78 is 5.32. The molecular weight excluding hydrogens is 240 g/mol. The van der Waals surface area contributed by atoms with E-state index >= 15 is 0 Å². The number of hydrogen-bond acceptors (Lipinski definition) is 3. The van der Waals surface area contributed by atoms with Gasteiger partial charge in [-0.1, -0.05) is 0 Å². The van der Waals surface area contributed by atoms with E-state index in [0.717, 1.165) is 50.4 Å². The highest BCUT2D eigenvalue weighted by Gasteiger charge is 2.50. The van der Waals surface area contributed by atoms with Gasteiger partial charge in [0, 0.05) is 47.6 Å². The first-order chi connectivity index (χ1) is 9.15. The minimum absolute atomic E-state index is 0.221. The molecule has 0 radical (unpaired) electrons. The first-order valence-electron chi connectivity index (χ1n) is 7.19. The number of aromatic nitrogens is 1. The van der Waals surface area contributed by atoms with Crippen LogP contribution in [0.5, 0.6) is 0 Å². The van der Waals surface area contributed by atoms with Crippen LogP contribution in [0.2, 0.25) is 0 Å². The SMILES string of the molecule is Cc1cc(=O)c2c([nH]1)CCC(N1CC3(COC3)C1)C2. The average Bonchev–Trinajstić information content (AvgIpc) is 2.25. The Balaban J connectivity index is 1.51. The van der Waals surface area contributed by atoms with Gasteiger partial charge >= 0.3 is 0 Å². The first-order valence-corrected chi connectivity index (χ1v) is 7.19. The van der Waals surface area contributed by atoms with Gasteiger partial charge in [0.2, 0.25) is 0 Å². The van der Waals surface area contributed by atoms with Crippen LogP contribution in [-0.4, -0.2) is 42.2 Å². The Kier molecular flexibility index (Phi) is 2.42. The van der Waals surface area contributed by atoms with Gasteiger partial charge < -0.3 is 9.72 Å². The van der Waals surface area contributed by atoms with Gasteiger partial charge in [-0.05, 0) is 26.2 Å². The molecule has 0 bridgehead atoms. The molecule has 1 atom stereocenters. The van der Waals surface area contributed by atoms with Crippen molar-refractivity contribution < 1.29 is 4.74 Å². The number of hydrogen-bond donors (Lipinski definition) is 1. The van der Waals surface area contributed by atoms with Gasteiger partial charge in [0.05, 0.1) is 13.2 Å². The third kappa shape index (κ3) is 1.77. The van der Waals surface area contributed by atoms with E-state index in [-0.39, 0.29) is 5.43 Å². The topological polar surface area (TPSA) is 45.3 Å². The highest BCUT2D eigenvalue weighted by Crippen LogP contribution is 2.40. The maximum absolute atomic E-state index is 12.1. The van der Waals surface area contributed by atoms with Crippen molar-refractivity contribution in [2.24, 2.45) is 5.41 Å². The summed E-state index contributed by atoms with van der Waals surface area (Å²) in [6.45, 7) is 6.16. The summed E-state index contributed by atoms with van der Waals surface area (Å²) in [6.07, 6.45) is 3.10. The average molecular weight is 260 g/mol. The predicted octanol–water partition coefficient (Wildman–Crippen LogP) is 0.873. The lowest BCUT2D eigenvalue weighted by atomic mass is 9.75. The predicted molar refractivity (Wildman–Crippen MR) is 72.4 cm³/mol. The number of H-pyrrole nitrogens is 1. The van der Waals surface area contributed by atoms with Gasteiger partial charge in [-0.2, -0.15) is 0 Å². The molecule has 0 amide bonds. The maximum Gasteiger partial charge on any atom is 0.185 e. The number of fused-ring (bicyclic) bond motifs is 1. The summed E-state index contributed by atoms with van der Waals surface area (Å²) in [4.78, 5) is 18.0. The van der Waals surface area contributed by atoms with Gasteiger partial charge in [-0.3, -0.25) is 9.69 Å². The van der Waals surface area contributed by atoms with E-state index in [1.54, 1.807) is 6.07 Å². The van der Waals surface area contributed by atoms with Crippen LogP contribution in [-0.2, 0) is 17.6 Å². The molecule has 3 aliphatic rings. The van der Waals surface area contributed by atoms with Crippen molar-refractivity contribution in [1.29, 1.82) is 0 Å². The van der Waals surface area contributed by atoms with Crippen LogP contribution in [0.1, 0.15) is 23.4 Å². The summed E-state index contributed by atoms with van der Waals surface area (Å²) >= 11 is 0. The van der Waals surface area contributed by atoms with Crippen molar-refractivity contribution in [3.63, 3.8) is 0 Å². The lowest BCUT2D eigenvalue weighted by Gasteiger charge is -2.58. The molecule has 1 aromatic rings. The van der Waals surface area contributed by atoms with E-state index in [1.807, 2.05) is 6.92 Å². The van der Waals surface area contributed by atoms with E-state index in [0.29, 0.717) is 11.5 Å². The number of nitrogens with one attached hydrogen (secondary N) is 1. The number of likely N-dealkylation sites (tertiary alicyclic amines) is 1. The van der Waals surface area contributed by atoms with Gasteiger partial charge in [0.1, 0.15) is 0 Å². The van der Waals surface area contributed by atoms with Gasteiger partial charge in [0.15, 0.2) is 5.43 Å². The zero-order valence-corrected chi connectivity index (χ0v) is 11.4. The second-order valence-electron chi connectivity index (χ2n) is 6.57. The largest absolute Gasteiger partial charge is 0.380 e. The molecular formula is C15H20N2O2. The quantitative estimate of drug-likeness (QED) is 0.815. The standard InChI is InChI=1S/C15H20N2O2/c1-10-4-14(18)12-5-11(2-3-13(12)16-10)17-6-15(7-17)8-19-9-15/h4,11H,2-3,5-9H2,1H3,(H,16,18). The Morgan fingerprint density at radius 3 is 2.89 bits per heavy atom. The molecule has 2 saturated heterocycles. The minimum Gasteiger partial charge on any atom is -0.380 e. The summed E-state index contributed by atoms with van der Waals surface area (Å²) in [5.41, 5.74) is 3.87. The fourth-order valence-electron chi connectivity index (χ4n) is 3.83. The van der Waals surface area contributed by atoms with E-state index in [4.69, 9.17) is 4.74 Å². The van der Waals surface area contributed by atoms with E-state index in [2.05, 4.69) is 9.88 Å². The maximum atomic E-state index is 12.1. The van der Waals surface area contributed by atoms with E-state index in [9.17, 15) is 4.79 Å². The van der Waals surface area contributed by atoms with Crippen LogP contribution in [0.15, 0.2) is 10.9 Å². The molecule has 1 aromatic heterocycles. The van der Waals surface area contributed by atoms with Gasteiger partial charge in [-0.15, -0.1) is 0 Å². The van der Waals surface area contributed by atoms with Crippen LogP contribution in [0.4, 0.5) is 0 Å². The molecule has 4 heteroatoms.